The summed E-state index contributed by atoms with van der Waals surface area (Å²) in [6, 6.07) is 54.1. The number of ether oxygens (including phenoxy) is 9. The standard InChI is InChI=1S/C17H22ClN3O2.C17H23N3O2.C15H22N2.C15H23NO3.C13H22N4O.C13H21NO2.C12H19NS.C12H19N/c1-17(2,3)10-19-16-20-12(9-15(18)21-16)11-6-7-13(22-4)14(8-11)23-5;1-17(2,3)11-19-16-18-9-8-13(20-16)12-6-7-14(21-4)15(10-12)22-5;1-15(2,3)11-16-9-8-13-10-12-6-4-5-7-14(12)17-13;1-10(17)11-7-13(18-5)14(19-6)8-12(11)16-9-15(2,3)4;1-13(2,3)10-15-12-14-5-4-11(16-12)17-6-8-18-9-7-17;1-13(2,3)14-9-10-6-7-11(15-4)12(8-10)16-5;1-12(2,3)9-13-10-6-5-7-11(8-10)14-4;1-10-5-7-11(8-6-10)13-9-12(2,3)4/h6-9H,10H2,1-5H3,(H,19,20,21);6-10H,11H2,1-5H3,(H,18,19,20);4-7,10,16-17H,8-9,11H2,1-3H3;7-8,16H,9H2,1-6H3;4-5H,6-10H2,1-3H3,(H,14,15,16);6-8,14H,9H2,1-5H3;5-8,13H,9H2,1-4H3;5-8,13H,9H2,1-4H3. The third-order valence-electron chi connectivity index (χ3n) is 20.6. The summed E-state index contributed by atoms with van der Waals surface area (Å²) >= 11 is 7.91. The van der Waals surface area contributed by atoms with Crippen LogP contribution in [0.5, 0.6) is 46.0 Å². The van der Waals surface area contributed by atoms with Gasteiger partial charge in [-0.05, 0) is 205 Å². The lowest BCUT2D eigenvalue weighted by Crippen LogP contribution is -2.36. The molecule has 12 rings (SSSR count). The molecule has 26 nitrogen and oxygen atoms in total. The lowest BCUT2D eigenvalue weighted by atomic mass is 9.96. The largest absolute Gasteiger partial charge is 0.493 e. The number of anilines is 7. The number of aromatic amines is 1. The van der Waals surface area contributed by atoms with Gasteiger partial charge in [0.15, 0.2) is 51.8 Å². The molecule has 142 heavy (non-hydrogen) atoms. The number of para-hydroxylation sites is 1. The monoisotopic (exact) mass is 1990 g/mol. The van der Waals surface area contributed by atoms with Crippen LogP contribution in [0.25, 0.3) is 33.4 Å². The highest BCUT2D eigenvalue weighted by Gasteiger charge is 2.22. The molecule has 0 radical (unpaired) electrons. The van der Waals surface area contributed by atoms with Crippen LogP contribution >= 0.6 is 23.4 Å². The molecule has 11 aromatic rings. The number of hydrogen-bond donors (Lipinski definition) is 9. The maximum atomic E-state index is 11.7. The van der Waals surface area contributed by atoms with E-state index in [1.54, 1.807) is 100.0 Å². The van der Waals surface area contributed by atoms with Crippen LogP contribution < -0.4 is 85.3 Å². The van der Waals surface area contributed by atoms with E-state index in [1.165, 1.54) is 44.0 Å². The Morgan fingerprint density at radius 1 is 0.430 bits per heavy atom. The number of H-pyrrole nitrogens is 1. The number of carbonyl (C=O) groups is 1. The van der Waals surface area contributed by atoms with Gasteiger partial charge in [0.2, 0.25) is 17.8 Å². The van der Waals surface area contributed by atoms with Crippen molar-refractivity contribution < 1.29 is 47.4 Å². The van der Waals surface area contributed by atoms with Crippen LogP contribution in [0.15, 0.2) is 181 Å². The number of Topliss-reactive ketones (excluding diaryl/α,β-unsaturated/α-hetero) is 1. The molecule has 4 aromatic heterocycles. The van der Waals surface area contributed by atoms with Crippen LogP contribution in [0.1, 0.15) is 200 Å². The number of aromatic nitrogens is 7. The Bertz CT molecular complexity index is 5510. The number of morpholine rings is 1. The highest BCUT2D eigenvalue weighted by molar-refractivity contribution is 7.98. The number of carbonyl (C=O) groups excluding carboxylic acids is 1. The Kier molecular flexibility index (Phi) is 49.7. The molecule has 0 saturated carbocycles. The number of aryl methyl sites for hydroxylation is 1. The van der Waals surface area contributed by atoms with Gasteiger partial charge in [0.1, 0.15) is 11.0 Å². The molecule has 1 saturated heterocycles. The average molecular weight is 1990 g/mol. The van der Waals surface area contributed by atoms with Gasteiger partial charge in [0, 0.05) is 152 Å². The molecule has 1 aliphatic heterocycles. The number of nitrogens with zero attached hydrogens (tertiary/aromatic N) is 7. The fourth-order valence-electron chi connectivity index (χ4n) is 12.8. The second kappa shape index (κ2) is 58.3. The number of fused-ring (bicyclic) bond motifs is 1. The quantitative estimate of drug-likeness (QED) is 0.00844. The minimum atomic E-state index is -0.00244. The van der Waals surface area contributed by atoms with E-state index in [9.17, 15) is 4.79 Å². The van der Waals surface area contributed by atoms with Gasteiger partial charge in [-0.2, -0.15) is 4.98 Å². The lowest BCUT2D eigenvalue weighted by Gasteiger charge is -2.28. The number of nitrogens with one attached hydrogen (secondary N) is 9. The molecule has 0 amide bonds. The maximum Gasteiger partial charge on any atom is 0.224 e. The normalized spacial score (nSPS) is 12.0. The van der Waals surface area contributed by atoms with Crippen molar-refractivity contribution in [3.05, 3.63) is 204 Å². The summed E-state index contributed by atoms with van der Waals surface area (Å²) < 4.78 is 47.5. The third-order valence-corrected chi connectivity index (χ3v) is 21.5. The molecule has 0 aliphatic carbocycles. The fourth-order valence-corrected chi connectivity index (χ4v) is 13.4. The minimum Gasteiger partial charge on any atom is -0.493 e. The van der Waals surface area contributed by atoms with Crippen molar-refractivity contribution in [1.29, 1.82) is 0 Å². The SMILES string of the molecule is CC(C)(C)CNCCc1cc2ccccc2[nH]1.CC(C)(C)CNc1nccc(N2CCOCC2)n1.COc1cc(NCC(C)(C)C)c(C(C)=O)cc1OC.COc1ccc(-c2cc(Cl)nc(NCC(C)(C)C)n2)cc1OC.COc1ccc(-c2ccnc(NCC(C)(C)C)n2)cc1OC.COc1ccc(CNC(C)(C)C)cc1OC.CSc1cccc(NCC(C)(C)C)c1.Cc1ccc(NCC(C)(C)C)cc1. The van der Waals surface area contributed by atoms with Gasteiger partial charge in [-0.15, -0.1) is 11.8 Å². The number of ketones is 1. The predicted octanol–water partition coefficient (Wildman–Crippen LogP) is 26.3. The summed E-state index contributed by atoms with van der Waals surface area (Å²) in [5, 5.41) is 28.6. The summed E-state index contributed by atoms with van der Waals surface area (Å²) in [5.41, 5.74) is 14.0. The number of methoxy groups -OCH3 is 8. The predicted molar refractivity (Wildman–Crippen MR) is 598 cm³/mol. The van der Waals surface area contributed by atoms with Gasteiger partial charge in [-0.25, -0.2) is 24.9 Å². The van der Waals surface area contributed by atoms with Crippen LogP contribution in [0.2, 0.25) is 5.15 Å². The molecule has 0 unspecified atom stereocenters. The second-order valence-electron chi connectivity index (χ2n) is 44.2. The zero-order valence-electron chi connectivity index (χ0n) is 92.1. The van der Waals surface area contributed by atoms with Crippen molar-refractivity contribution >= 4 is 80.8 Å². The molecule has 1 fully saturated rings. The first-order valence-electron chi connectivity index (χ1n) is 48.7. The number of rotatable bonds is 31. The van der Waals surface area contributed by atoms with Crippen LogP contribution in [-0.4, -0.2) is 188 Å². The second-order valence-corrected chi connectivity index (χ2v) is 45.5. The van der Waals surface area contributed by atoms with E-state index in [0.29, 0.717) is 79.3 Å². The molecular formula is C114H171ClN16O10S. The van der Waals surface area contributed by atoms with E-state index >= 15 is 0 Å². The smallest absolute Gasteiger partial charge is 0.224 e. The van der Waals surface area contributed by atoms with Gasteiger partial charge in [-0.1, -0.05) is 205 Å². The van der Waals surface area contributed by atoms with Crippen molar-refractivity contribution in [1.82, 2.24) is 45.5 Å². The van der Waals surface area contributed by atoms with Crippen molar-refractivity contribution in [2.45, 2.75) is 203 Å². The van der Waals surface area contributed by atoms with Crippen LogP contribution in [0.4, 0.5) is 40.7 Å². The van der Waals surface area contributed by atoms with E-state index in [2.05, 4.69) is 341 Å². The van der Waals surface area contributed by atoms with Crippen LogP contribution in [0, 0.1) is 44.8 Å². The van der Waals surface area contributed by atoms with Crippen molar-refractivity contribution in [2.24, 2.45) is 37.9 Å². The number of halogens is 1. The molecule has 7 aromatic carbocycles. The van der Waals surface area contributed by atoms with E-state index < -0.39 is 0 Å². The lowest BCUT2D eigenvalue weighted by molar-refractivity contribution is 0.101. The highest BCUT2D eigenvalue weighted by Crippen LogP contribution is 2.38. The first kappa shape index (κ1) is 121. The van der Waals surface area contributed by atoms with Gasteiger partial charge >= 0.3 is 0 Å². The number of benzene rings is 7. The van der Waals surface area contributed by atoms with Crippen molar-refractivity contribution in [2.75, 3.05) is 179 Å². The van der Waals surface area contributed by atoms with Crippen LogP contribution in [0.3, 0.4) is 0 Å². The molecule has 0 spiro atoms. The first-order valence-corrected chi connectivity index (χ1v) is 50.3. The molecule has 780 valence electrons. The van der Waals surface area contributed by atoms with Crippen molar-refractivity contribution in [3.63, 3.8) is 0 Å². The molecule has 5 heterocycles. The first-order chi connectivity index (χ1) is 66.6. The Hall–Kier alpha value is -11.5. The summed E-state index contributed by atoms with van der Waals surface area (Å²) in [6.07, 6.45) is 6.72. The number of hydrogen-bond acceptors (Lipinski definition) is 26. The molecule has 28 heteroatoms. The third kappa shape index (κ3) is 49.0. The summed E-state index contributed by atoms with van der Waals surface area (Å²) in [6.45, 7) is 67.6. The van der Waals surface area contributed by atoms with Gasteiger partial charge in [0.05, 0.1) is 81.5 Å². The zero-order chi connectivity index (χ0) is 106. The van der Waals surface area contributed by atoms with Crippen LogP contribution in [-0.2, 0) is 17.7 Å². The topological polar surface area (TPSA) is 293 Å². The number of thioether (sulfide) groups is 1. The highest BCUT2D eigenvalue weighted by atomic mass is 35.5. The molecule has 0 bridgehead atoms. The summed E-state index contributed by atoms with van der Waals surface area (Å²) in [7, 11) is 12.9. The van der Waals surface area contributed by atoms with E-state index in [-0.39, 0.29) is 33.0 Å². The Balaban J connectivity index is 0.000000288. The van der Waals surface area contributed by atoms with E-state index in [1.807, 2.05) is 72.9 Å². The Labute approximate surface area is 860 Å². The van der Waals surface area contributed by atoms with Gasteiger partial charge < -0.3 is 95.0 Å². The molecule has 1 aliphatic rings. The molecule has 9 N–H and O–H groups in total. The Morgan fingerprint density at radius 2 is 0.880 bits per heavy atom. The average Bonchev–Trinajstić information content (AvgIpc) is 1.09. The minimum absolute atomic E-state index is 0.00244. The van der Waals surface area contributed by atoms with Gasteiger partial charge in [0.25, 0.3) is 0 Å². The van der Waals surface area contributed by atoms with Crippen molar-refractivity contribution in [3.8, 4) is 68.5 Å². The molecule has 0 atom stereocenters. The van der Waals surface area contributed by atoms with Gasteiger partial charge in [-0.3, -0.25) is 4.79 Å². The van der Waals surface area contributed by atoms with E-state index in [0.717, 1.165) is 137 Å². The summed E-state index contributed by atoms with van der Waals surface area (Å²) in [5.74, 6) is 8.23. The molecular weight excluding hydrogens is 1820 g/mol. The summed E-state index contributed by atoms with van der Waals surface area (Å²) in [4.78, 5) is 45.1. The Morgan fingerprint density at radius 3 is 1.38 bits per heavy atom. The van der Waals surface area contributed by atoms with E-state index in [4.69, 9.17) is 54.2 Å². The fraction of sp³-hybridized carbons (Fsp3) is 0.500. The zero-order valence-corrected chi connectivity index (χ0v) is 93.7. The maximum absolute atomic E-state index is 11.7.